The average molecular weight is 337 g/mol. The zero-order valence-corrected chi connectivity index (χ0v) is 14.9. The van der Waals surface area contributed by atoms with Gasteiger partial charge in [0.25, 0.3) is 0 Å². The van der Waals surface area contributed by atoms with Gasteiger partial charge in [0.2, 0.25) is 0 Å². The molecule has 0 heterocycles. The van der Waals surface area contributed by atoms with Crippen molar-refractivity contribution in [1.29, 1.82) is 0 Å². The van der Waals surface area contributed by atoms with Gasteiger partial charge in [-0.3, -0.25) is 4.90 Å². The van der Waals surface area contributed by atoms with Crippen LogP contribution in [0.25, 0.3) is 0 Å². The van der Waals surface area contributed by atoms with Crippen LogP contribution in [-0.4, -0.2) is 4.90 Å². The first-order valence-corrected chi connectivity index (χ1v) is 9.20. The van der Waals surface area contributed by atoms with Gasteiger partial charge >= 0.3 is 0 Å². The molecule has 0 amide bonds. The molecule has 1 saturated carbocycles. The molecule has 1 fully saturated rings. The number of benzene rings is 3. The summed E-state index contributed by atoms with van der Waals surface area (Å²) in [4.78, 5) is 2.63. The third-order valence-electron chi connectivity index (χ3n) is 5.35. The highest BCUT2D eigenvalue weighted by Crippen LogP contribution is 2.52. The van der Waals surface area contributed by atoms with Crippen LogP contribution < -0.4 is 0 Å². The van der Waals surface area contributed by atoms with E-state index >= 15 is 0 Å². The first-order valence-electron chi connectivity index (χ1n) is 9.20. The van der Waals surface area contributed by atoms with Crippen molar-refractivity contribution in [3.63, 3.8) is 0 Å². The van der Waals surface area contributed by atoms with E-state index in [1.54, 1.807) is 0 Å². The lowest BCUT2D eigenvalue weighted by atomic mass is 9.99. The Kier molecular flexibility index (Phi) is 4.61. The zero-order valence-electron chi connectivity index (χ0n) is 14.9. The summed E-state index contributed by atoms with van der Waals surface area (Å²) >= 11 is 0. The first-order chi connectivity index (χ1) is 12.8. The average Bonchev–Trinajstić information content (AvgIpc) is 3.51. The molecule has 0 saturated heterocycles. The van der Waals surface area contributed by atoms with Gasteiger partial charge < -0.3 is 0 Å². The molecule has 0 N–H and O–H groups in total. The molecule has 0 aromatic heterocycles. The minimum absolute atomic E-state index is 0.124. The summed E-state index contributed by atoms with van der Waals surface area (Å²) in [5.41, 5.74) is 5.16. The summed E-state index contributed by atoms with van der Waals surface area (Å²) in [6, 6.07) is 30.1. The molecule has 1 aliphatic carbocycles. The van der Waals surface area contributed by atoms with Crippen molar-refractivity contribution in [2.45, 2.75) is 31.5 Å². The fraction of sp³-hybridized carbons (Fsp3) is 0.200. The van der Waals surface area contributed by atoms with E-state index in [4.69, 9.17) is 6.42 Å². The quantitative estimate of drug-likeness (QED) is 0.547. The van der Waals surface area contributed by atoms with Gasteiger partial charge in [0.05, 0.1) is 0 Å². The van der Waals surface area contributed by atoms with E-state index in [0.717, 1.165) is 18.7 Å². The minimum Gasteiger partial charge on any atom is -0.285 e. The van der Waals surface area contributed by atoms with E-state index < -0.39 is 0 Å². The summed E-state index contributed by atoms with van der Waals surface area (Å²) in [5.74, 6) is 2.72. The lowest BCUT2D eigenvalue weighted by Gasteiger charge is -2.33. The van der Waals surface area contributed by atoms with E-state index in [2.05, 4.69) is 95.7 Å². The molecule has 0 aliphatic heterocycles. The smallest absolute Gasteiger partial charge is 0.0469 e. The van der Waals surface area contributed by atoms with Crippen LogP contribution in [-0.2, 0) is 18.6 Å². The van der Waals surface area contributed by atoms with Crippen molar-refractivity contribution in [2.24, 2.45) is 0 Å². The predicted molar refractivity (Wildman–Crippen MR) is 107 cm³/mol. The van der Waals surface area contributed by atoms with Gasteiger partial charge in [0.15, 0.2) is 0 Å². The minimum atomic E-state index is 0.124. The van der Waals surface area contributed by atoms with E-state index in [-0.39, 0.29) is 5.54 Å². The Morgan fingerprint density at radius 1 is 0.731 bits per heavy atom. The van der Waals surface area contributed by atoms with Gasteiger partial charge in [-0.15, -0.1) is 6.42 Å². The first kappa shape index (κ1) is 16.6. The van der Waals surface area contributed by atoms with Gasteiger partial charge in [-0.1, -0.05) is 78.7 Å². The Labute approximate surface area is 156 Å². The highest BCUT2D eigenvalue weighted by Gasteiger charge is 2.49. The molecule has 1 heteroatoms. The van der Waals surface area contributed by atoms with E-state index in [1.807, 2.05) is 0 Å². The molecule has 0 atom stereocenters. The molecular formula is C25H23N. The van der Waals surface area contributed by atoms with Crippen molar-refractivity contribution in [1.82, 2.24) is 4.90 Å². The van der Waals surface area contributed by atoms with Gasteiger partial charge in [0, 0.05) is 24.2 Å². The zero-order chi connectivity index (χ0) is 17.8. The Morgan fingerprint density at radius 2 is 1.23 bits per heavy atom. The summed E-state index contributed by atoms with van der Waals surface area (Å²) < 4.78 is 0. The lowest BCUT2D eigenvalue weighted by Crippen LogP contribution is -2.34. The molecule has 3 aromatic carbocycles. The Morgan fingerprint density at radius 3 is 1.65 bits per heavy atom. The third kappa shape index (κ3) is 3.43. The molecule has 0 bridgehead atoms. The van der Waals surface area contributed by atoms with Crippen LogP contribution in [0, 0.1) is 12.3 Å². The fourth-order valence-corrected chi connectivity index (χ4v) is 3.75. The van der Waals surface area contributed by atoms with Gasteiger partial charge in [-0.2, -0.15) is 0 Å². The highest BCUT2D eigenvalue weighted by atomic mass is 15.2. The molecule has 0 radical (unpaired) electrons. The fourth-order valence-electron chi connectivity index (χ4n) is 3.75. The second kappa shape index (κ2) is 7.20. The van der Waals surface area contributed by atoms with Crippen molar-refractivity contribution in [2.75, 3.05) is 0 Å². The maximum Gasteiger partial charge on any atom is 0.0469 e. The molecule has 1 nitrogen and oxygen atoms in total. The van der Waals surface area contributed by atoms with Crippen LogP contribution in [0.4, 0.5) is 0 Å². The second-order valence-corrected chi connectivity index (χ2v) is 7.08. The summed E-state index contributed by atoms with van der Waals surface area (Å²) in [7, 11) is 0. The lowest BCUT2D eigenvalue weighted by molar-refractivity contribution is 0.157. The van der Waals surface area contributed by atoms with Crippen LogP contribution in [0.5, 0.6) is 0 Å². The van der Waals surface area contributed by atoms with Crippen LogP contribution in [0.15, 0.2) is 84.9 Å². The van der Waals surface area contributed by atoms with Gasteiger partial charge in [0.1, 0.15) is 0 Å². The number of hydrogen-bond donors (Lipinski definition) is 0. The number of rotatable bonds is 6. The van der Waals surface area contributed by atoms with Crippen molar-refractivity contribution in [3.05, 3.63) is 107 Å². The second-order valence-electron chi connectivity index (χ2n) is 7.08. The maximum atomic E-state index is 5.53. The highest BCUT2D eigenvalue weighted by molar-refractivity contribution is 5.39. The molecule has 26 heavy (non-hydrogen) atoms. The van der Waals surface area contributed by atoms with Crippen LogP contribution in [0.2, 0.25) is 0 Å². The third-order valence-corrected chi connectivity index (χ3v) is 5.35. The Balaban J connectivity index is 1.66. The topological polar surface area (TPSA) is 3.24 Å². The number of hydrogen-bond acceptors (Lipinski definition) is 1. The number of nitrogens with zero attached hydrogens (tertiary/aromatic N) is 1. The Hall–Kier alpha value is -2.82. The van der Waals surface area contributed by atoms with E-state index in [9.17, 15) is 0 Å². The molecular weight excluding hydrogens is 314 g/mol. The summed E-state index contributed by atoms with van der Waals surface area (Å²) in [5, 5.41) is 0. The Bertz CT molecular complexity index is 843. The molecule has 128 valence electrons. The number of terminal acetylenes is 1. The normalized spacial score (nSPS) is 14.8. The largest absolute Gasteiger partial charge is 0.285 e. The standard InChI is InChI=1S/C25H23N/c1-2-21-13-15-24(16-14-21)25(17-18-25)26(19-22-9-5-3-6-10-22)20-23-11-7-4-8-12-23/h1,3-16H,17-20H2. The molecule has 0 unspecified atom stereocenters. The van der Waals surface area contributed by atoms with Crippen molar-refractivity contribution < 1.29 is 0 Å². The SMILES string of the molecule is C#Cc1ccc(C2(N(Cc3ccccc3)Cc3ccccc3)CC2)cc1. The van der Waals surface area contributed by atoms with Crippen LogP contribution in [0.1, 0.15) is 35.1 Å². The van der Waals surface area contributed by atoms with E-state index in [1.165, 1.54) is 29.5 Å². The molecule has 0 spiro atoms. The predicted octanol–water partition coefficient (Wildman–Crippen LogP) is 5.36. The summed E-state index contributed by atoms with van der Waals surface area (Å²) in [6.07, 6.45) is 7.92. The van der Waals surface area contributed by atoms with Gasteiger partial charge in [-0.25, -0.2) is 0 Å². The van der Waals surface area contributed by atoms with Crippen LogP contribution >= 0.6 is 0 Å². The van der Waals surface area contributed by atoms with E-state index in [0.29, 0.717) is 0 Å². The van der Waals surface area contributed by atoms with Crippen molar-refractivity contribution >= 4 is 0 Å². The molecule has 3 aromatic rings. The molecule has 4 rings (SSSR count). The maximum absolute atomic E-state index is 5.53. The van der Waals surface area contributed by atoms with Crippen LogP contribution in [0.3, 0.4) is 0 Å². The summed E-state index contributed by atoms with van der Waals surface area (Å²) in [6.45, 7) is 1.90. The monoisotopic (exact) mass is 337 g/mol. The van der Waals surface area contributed by atoms with Crippen molar-refractivity contribution in [3.8, 4) is 12.3 Å². The van der Waals surface area contributed by atoms with Gasteiger partial charge in [-0.05, 0) is 41.7 Å². The molecule has 1 aliphatic rings.